The van der Waals surface area contributed by atoms with Crippen LogP contribution >= 0.6 is 11.6 Å². The van der Waals surface area contributed by atoms with E-state index in [0.717, 1.165) is 30.9 Å². The minimum absolute atomic E-state index is 0.147. The minimum Gasteiger partial charge on any atom is -0.332 e. The normalized spacial score (nSPS) is 14.6. The Labute approximate surface area is 157 Å². The summed E-state index contributed by atoms with van der Waals surface area (Å²) in [7, 11) is 3.40. The summed E-state index contributed by atoms with van der Waals surface area (Å²) in [6, 6.07) is 6.96. The largest absolute Gasteiger partial charge is 0.332 e. The third kappa shape index (κ3) is 4.34. The second kappa shape index (κ2) is 8.05. The summed E-state index contributed by atoms with van der Waals surface area (Å²) in [5.74, 6) is -0.348. The number of carbonyl (C=O) groups is 1. The zero-order valence-corrected chi connectivity index (χ0v) is 15.8. The van der Waals surface area contributed by atoms with Gasteiger partial charge in [-0.25, -0.2) is 9.18 Å². The van der Waals surface area contributed by atoms with Crippen molar-refractivity contribution in [2.24, 2.45) is 0 Å². The molecule has 1 aliphatic heterocycles. The molecule has 0 atom stereocenters. The monoisotopic (exact) mass is 379 g/mol. The van der Waals surface area contributed by atoms with E-state index < -0.39 is 0 Å². The molecule has 0 saturated carbocycles. The molecule has 140 valence electrons. The quantitative estimate of drug-likeness (QED) is 0.888. The van der Waals surface area contributed by atoms with Crippen LogP contribution in [0.15, 0.2) is 24.3 Å². The lowest BCUT2D eigenvalue weighted by atomic mass is 10.2. The number of fused-ring (bicyclic) bond motifs is 1. The van der Waals surface area contributed by atoms with E-state index in [1.165, 1.54) is 4.90 Å². The van der Waals surface area contributed by atoms with E-state index in [1.807, 2.05) is 10.7 Å². The van der Waals surface area contributed by atoms with Crippen LogP contribution < -0.4 is 5.32 Å². The second-order valence-corrected chi connectivity index (χ2v) is 7.09. The molecule has 0 unspecified atom stereocenters. The lowest BCUT2D eigenvalue weighted by Crippen LogP contribution is -2.34. The lowest BCUT2D eigenvalue weighted by Gasteiger charge is -2.20. The molecule has 0 fully saturated rings. The number of benzene rings is 1. The van der Waals surface area contributed by atoms with E-state index in [0.29, 0.717) is 25.2 Å². The van der Waals surface area contributed by atoms with Gasteiger partial charge >= 0.3 is 6.03 Å². The molecule has 2 heterocycles. The molecule has 0 aliphatic carbocycles. The zero-order chi connectivity index (χ0) is 18.7. The van der Waals surface area contributed by atoms with Crippen molar-refractivity contribution >= 4 is 17.6 Å². The van der Waals surface area contributed by atoms with Gasteiger partial charge in [-0.3, -0.25) is 9.58 Å². The Morgan fingerprint density at radius 1 is 1.38 bits per heavy atom. The first-order valence-corrected chi connectivity index (χ1v) is 8.98. The number of aryl methyl sites for hydroxylation is 1. The minimum atomic E-state index is -0.348. The number of urea groups is 1. The first kappa shape index (κ1) is 18.7. The highest BCUT2D eigenvalue weighted by atomic mass is 35.5. The van der Waals surface area contributed by atoms with Gasteiger partial charge in [-0.15, -0.1) is 0 Å². The van der Waals surface area contributed by atoms with Crippen LogP contribution in [0, 0.1) is 5.82 Å². The molecule has 1 N–H and O–H groups in total. The standard InChI is InChI=1S/C18H23ClFN5O/c1-23(2)18(26)21-10-14-9-15-12-24(7-4-8-25(15)22-14)11-13-5-3-6-16(19)17(13)20/h3,5-6,9H,4,7-8,10-12H2,1-2H3,(H,21,26). The fourth-order valence-electron chi connectivity index (χ4n) is 3.05. The Bertz CT molecular complexity index is 792. The summed E-state index contributed by atoms with van der Waals surface area (Å²) >= 11 is 5.89. The Balaban J connectivity index is 1.68. The van der Waals surface area contributed by atoms with Crippen LogP contribution in [-0.2, 0) is 26.2 Å². The molecule has 26 heavy (non-hydrogen) atoms. The average molecular weight is 380 g/mol. The number of hydrogen-bond donors (Lipinski definition) is 1. The molecule has 0 bridgehead atoms. The first-order chi connectivity index (χ1) is 12.4. The van der Waals surface area contributed by atoms with Crippen LogP contribution in [0.25, 0.3) is 0 Å². The summed E-state index contributed by atoms with van der Waals surface area (Å²) in [4.78, 5) is 15.3. The molecule has 2 amide bonds. The van der Waals surface area contributed by atoms with Gasteiger partial charge in [0, 0.05) is 45.8 Å². The van der Waals surface area contributed by atoms with Crippen LogP contribution in [0.1, 0.15) is 23.4 Å². The molecule has 1 aliphatic rings. The molecule has 8 heteroatoms. The number of carbonyl (C=O) groups excluding carboxylic acids is 1. The summed E-state index contributed by atoms with van der Waals surface area (Å²) in [6.07, 6.45) is 0.931. The molecule has 2 aromatic rings. The summed E-state index contributed by atoms with van der Waals surface area (Å²) in [5.41, 5.74) is 2.49. The molecule has 0 spiro atoms. The smallest absolute Gasteiger partial charge is 0.317 e. The third-order valence-corrected chi connectivity index (χ3v) is 4.69. The average Bonchev–Trinajstić information content (AvgIpc) is 2.88. The van der Waals surface area contributed by atoms with Gasteiger partial charge < -0.3 is 10.2 Å². The van der Waals surface area contributed by atoms with Gasteiger partial charge in [0.05, 0.1) is 23.0 Å². The van der Waals surface area contributed by atoms with Crippen LogP contribution in [0.4, 0.5) is 9.18 Å². The second-order valence-electron chi connectivity index (χ2n) is 6.68. The SMILES string of the molecule is CN(C)C(=O)NCc1cc2n(n1)CCCN(Cc1cccc(Cl)c1F)C2. The Morgan fingerprint density at radius 2 is 2.19 bits per heavy atom. The topological polar surface area (TPSA) is 53.4 Å². The molecular weight excluding hydrogens is 357 g/mol. The number of rotatable bonds is 4. The van der Waals surface area contributed by atoms with E-state index in [2.05, 4.69) is 15.3 Å². The van der Waals surface area contributed by atoms with Crippen molar-refractivity contribution in [2.45, 2.75) is 32.6 Å². The molecule has 3 rings (SSSR count). The Hall–Kier alpha value is -2.12. The van der Waals surface area contributed by atoms with Gasteiger partial charge in [0.25, 0.3) is 0 Å². The van der Waals surface area contributed by atoms with Gasteiger partial charge in [0.2, 0.25) is 0 Å². The highest BCUT2D eigenvalue weighted by Crippen LogP contribution is 2.21. The maximum absolute atomic E-state index is 14.2. The van der Waals surface area contributed by atoms with Gasteiger partial charge in [0.1, 0.15) is 5.82 Å². The number of hydrogen-bond acceptors (Lipinski definition) is 3. The molecule has 0 saturated heterocycles. The maximum Gasteiger partial charge on any atom is 0.317 e. The van der Waals surface area contributed by atoms with Crippen LogP contribution in [-0.4, -0.2) is 46.3 Å². The van der Waals surface area contributed by atoms with E-state index in [-0.39, 0.29) is 16.9 Å². The van der Waals surface area contributed by atoms with Crippen LogP contribution in [0.3, 0.4) is 0 Å². The molecule has 0 radical (unpaired) electrons. The third-order valence-electron chi connectivity index (χ3n) is 4.40. The number of nitrogens with zero attached hydrogens (tertiary/aromatic N) is 4. The lowest BCUT2D eigenvalue weighted by molar-refractivity contribution is 0.217. The van der Waals surface area contributed by atoms with E-state index in [9.17, 15) is 9.18 Å². The summed E-state index contributed by atoms with van der Waals surface area (Å²) in [6.45, 7) is 3.25. The van der Waals surface area contributed by atoms with Crippen molar-refractivity contribution in [2.75, 3.05) is 20.6 Å². The number of nitrogens with one attached hydrogen (secondary N) is 1. The van der Waals surface area contributed by atoms with Crippen molar-refractivity contribution in [3.63, 3.8) is 0 Å². The van der Waals surface area contributed by atoms with Gasteiger partial charge in [0.15, 0.2) is 0 Å². The molecule has 1 aromatic carbocycles. The maximum atomic E-state index is 14.2. The molecule has 6 nitrogen and oxygen atoms in total. The van der Waals surface area contributed by atoms with Crippen molar-refractivity contribution < 1.29 is 9.18 Å². The van der Waals surface area contributed by atoms with E-state index in [1.54, 1.807) is 32.3 Å². The van der Waals surface area contributed by atoms with Crippen molar-refractivity contribution in [1.29, 1.82) is 0 Å². The van der Waals surface area contributed by atoms with Crippen molar-refractivity contribution in [3.05, 3.63) is 52.1 Å². The fourth-order valence-corrected chi connectivity index (χ4v) is 3.24. The summed E-state index contributed by atoms with van der Waals surface area (Å²) < 4.78 is 16.2. The Kier molecular flexibility index (Phi) is 5.78. The zero-order valence-electron chi connectivity index (χ0n) is 15.0. The first-order valence-electron chi connectivity index (χ1n) is 8.60. The van der Waals surface area contributed by atoms with Crippen LogP contribution in [0.2, 0.25) is 5.02 Å². The van der Waals surface area contributed by atoms with Gasteiger partial charge in [-0.2, -0.15) is 5.10 Å². The predicted octanol–water partition coefficient (Wildman–Crippen LogP) is 2.85. The summed E-state index contributed by atoms with van der Waals surface area (Å²) in [5, 5.41) is 7.55. The predicted molar refractivity (Wildman–Crippen MR) is 98.3 cm³/mol. The van der Waals surface area contributed by atoms with Gasteiger partial charge in [-0.1, -0.05) is 23.7 Å². The van der Waals surface area contributed by atoms with Crippen molar-refractivity contribution in [1.82, 2.24) is 24.9 Å². The van der Waals surface area contributed by atoms with Gasteiger partial charge in [-0.05, 0) is 18.6 Å². The Morgan fingerprint density at radius 3 is 2.96 bits per heavy atom. The fraction of sp³-hybridized carbons (Fsp3) is 0.444. The van der Waals surface area contributed by atoms with E-state index in [4.69, 9.17) is 11.6 Å². The number of halogens is 2. The molecular formula is C18H23ClFN5O. The highest BCUT2D eigenvalue weighted by molar-refractivity contribution is 6.30. The highest BCUT2D eigenvalue weighted by Gasteiger charge is 2.19. The van der Waals surface area contributed by atoms with Crippen LogP contribution in [0.5, 0.6) is 0 Å². The number of aromatic nitrogens is 2. The molecule has 1 aromatic heterocycles. The van der Waals surface area contributed by atoms with Crippen molar-refractivity contribution in [3.8, 4) is 0 Å². The number of amides is 2. The van der Waals surface area contributed by atoms with E-state index >= 15 is 0 Å².